The number of hydrogen-bond donors (Lipinski definition) is 3. The smallest absolute Gasteiger partial charge is 0.396 e. The van der Waals surface area contributed by atoms with Gasteiger partial charge in [0.25, 0.3) is 0 Å². The predicted molar refractivity (Wildman–Crippen MR) is 73.1 cm³/mol. The molecule has 2 heterocycles. The van der Waals surface area contributed by atoms with Crippen LogP contribution < -0.4 is 5.32 Å². The molecule has 3 N–H and O–H groups in total. The Morgan fingerprint density at radius 1 is 1.24 bits per heavy atom. The quantitative estimate of drug-likeness (QED) is 0.717. The zero-order chi connectivity index (χ0) is 15.5. The molecule has 0 fully saturated rings. The summed E-state index contributed by atoms with van der Waals surface area (Å²) in [6.07, 6.45) is -2.36. The molecule has 21 heavy (non-hydrogen) atoms. The van der Waals surface area contributed by atoms with Crippen LogP contribution in [0.1, 0.15) is 30.8 Å². The lowest BCUT2D eigenvalue weighted by atomic mass is 10.2. The zero-order valence-corrected chi connectivity index (χ0v) is 11.6. The number of hydrogen-bond acceptors (Lipinski definition) is 4. The number of anilines is 1. The van der Waals surface area contributed by atoms with Crippen LogP contribution in [0, 0.1) is 6.92 Å². The van der Waals surface area contributed by atoms with E-state index in [1.54, 1.807) is 13.0 Å². The van der Waals surface area contributed by atoms with Crippen LogP contribution in [0.4, 0.5) is 19.0 Å². The number of halogens is 3. The lowest BCUT2D eigenvalue weighted by molar-refractivity contribution is -0.144. The van der Waals surface area contributed by atoms with Crippen molar-refractivity contribution in [1.29, 1.82) is 0 Å². The third-order valence-electron chi connectivity index (χ3n) is 3.00. The standard InChI is InChI=1S/C13H17F3N4O/c1-8-7-9-10(17-5-3-2-4-6-21)19-12(13(14,15)16)20-11(9)18-8/h7,21H,2-6H2,1H3,(H2,17,18,19,20). The highest BCUT2D eigenvalue weighted by molar-refractivity contribution is 5.87. The maximum atomic E-state index is 12.8. The topological polar surface area (TPSA) is 73.8 Å². The summed E-state index contributed by atoms with van der Waals surface area (Å²) < 4.78 is 38.4. The van der Waals surface area contributed by atoms with Gasteiger partial charge in [0, 0.05) is 18.8 Å². The second-order valence-corrected chi connectivity index (χ2v) is 4.82. The monoisotopic (exact) mass is 302 g/mol. The number of aliphatic hydroxyl groups is 1. The largest absolute Gasteiger partial charge is 0.451 e. The summed E-state index contributed by atoms with van der Waals surface area (Å²) in [5.74, 6) is -0.976. The van der Waals surface area contributed by atoms with Gasteiger partial charge in [0.2, 0.25) is 5.82 Å². The Morgan fingerprint density at radius 3 is 2.67 bits per heavy atom. The average Bonchev–Trinajstić information content (AvgIpc) is 2.77. The molecular weight excluding hydrogens is 285 g/mol. The molecule has 116 valence electrons. The summed E-state index contributed by atoms with van der Waals surface area (Å²) in [5, 5.41) is 12.1. The number of H-pyrrole nitrogens is 1. The Hall–Kier alpha value is -1.83. The molecule has 0 atom stereocenters. The van der Waals surface area contributed by atoms with Gasteiger partial charge in [-0.2, -0.15) is 13.2 Å². The van der Waals surface area contributed by atoms with E-state index in [1.807, 2.05) is 0 Å². The first-order valence-electron chi connectivity index (χ1n) is 6.71. The van der Waals surface area contributed by atoms with E-state index in [1.165, 1.54) is 0 Å². The molecule has 8 heteroatoms. The van der Waals surface area contributed by atoms with Crippen LogP contribution >= 0.6 is 0 Å². The van der Waals surface area contributed by atoms with Crippen molar-refractivity contribution in [1.82, 2.24) is 15.0 Å². The molecule has 0 aliphatic carbocycles. The summed E-state index contributed by atoms with van der Waals surface area (Å²) in [5.41, 5.74) is 0.898. The van der Waals surface area contributed by atoms with Crippen LogP contribution in [-0.2, 0) is 6.18 Å². The predicted octanol–water partition coefficient (Wildman–Crippen LogP) is 2.86. The van der Waals surface area contributed by atoms with Gasteiger partial charge < -0.3 is 15.4 Å². The minimum atomic E-state index is -4.58. The van der Waals surface area contributed by atoms with Crippen LogP contribution in [-0.4, -0.2) is 33.2 Å². The minimum Gasteiger partial charge on any atom is -0.396 e. The number of unbranched alkanes of at least 4 members (excludes halogenated alkanes) is 2. The van der Waals surface area contributed by atoms with E-state index in [0.29, 0.717) is 18.4 Å². The number of aromatic nitrogens is 3. The van der Waals surface area contributed by atoms with Gasteiger partial charge in [-0.05, 0) is 32.3 Å². The summed E-state index contributed by atoms with van der Waals surface area (Å²) in [4.78, 5) is 9.91. The van der Waals surface area contributed by atoms with Crippen molar-refractivity contribution < 1.29 is 18.3 Å². The fourth-order valence-corrected chi connectivity index (χ4v) is 2.02. The normalized spacial score (nSPS) is 12.0. The van der Waals surface area contributed by atoms with E-state index in [4.69, 9.17) is 5.11 Å². The van der Waals surface area contributed by atoms with Gasteiger partial charge in [0.1, 0.15) is 11.5 Å². The van der Waals surface area contributed by atoms with Crippen molar-refractivity contribution in [2.75, 3.05) is 18.5 Å². The third kappa shape index (κ3) is 3.84. The van der Waals surface area contributed by atoms with Gasteiger partial charge >= 0.3 is 6.18 Å². The maximum absolute atomic E-state index is 12.8. The number of nitrogens with zero attached hydrogens (tertiary/aromatic N) is 2. The van der Waals surface area contributed by atoms with Crippen LogP contribution in [0.25, 0.3) is 11.0 Å². The van der Waals surface area contributed by atoms with Crippen molar-refractivity contribution >= 4 is 16.9 Å². The van der Waals surface area contributed by atoms with Gasteiger partial charge in [-0.3, -0.25) is 0 Å². The Bertz CT molecular complexity index is 609. The fourth-order valence-electron chi connectivity index (χ4n) is 2.02. The van der Waals surface area contributed by atoms with E-state index >= 15 is 0 Å². The summed E-state index contributed by atoms with van der Waals surface area (Å²) in [6, 6.07) is 1.71. The first-order valence-corrected chi connectivity index (χ1v) is 6.71. The molecule has 0 aliphatic rings. The van der Waals surface area contributed by atoms with Gasteiger partial charge in [-0.1, -0.05) is 0 Å². The van der Waals surface area contributed by atoms with Crippen LogP contribution in [0.5, 0.6) is 0 Å². The van der Waals surface area contributed by atoms with Gasteiger partial charge in [0.15, 0.2) is 0 Å². The molecule has 2 rings (SSSR count). The van der Waals surface area contributed by atoms with E-state index < -0.39 is 12.0 Å². The molecule has 0 saturated carbocycles. The van der Waals surface area contributed by atoms with Crippen LogP contribution in [0.15, 0.2) is 6.07 Å². The first-order chi connectivity index (χ1) is 9.91. The molecule has 0 aliphatic heterocycles. The number of rotatable bonds is 6. The molecule has 0 saturated heterocycles. The van der Waals surface area contributed by atoms with Crippen LogP contribution in [0.3, 0.4) is 0 Å². The van der Waals surface area contributed by atoms with E-state index in [0.717, 1.165) is 18.5 Å². The number of aromatic amines is 1. The lowest BCUT2D eigenvalue weighted by Crippen LogP contribution is -2.14. The third-order valence-corrected chi connectivity index (χ3v) is 3.00. The van der Waals surface area contributed by atoms with Crippen molar-refractivity contribution in [3.8, 4) is 0 Å². The Kier molecular flexibility index (Phi) is 4.66. The van der Waals surface area contributed by atoms with E-state index in [2.05, 4.69) is 20.3 Å². The molecular formula is C13H17F3N4O. The van der Waals surface area contributed by atoms with Crippen molar-refractivity contribution in [3.63, 3.8) is 0 Å². The van der Waals surface area contributed by atoms with Crippen molar-refractivity contribution in [2.45, 2.75) is 32.4 Å². The van der Waals surface area contributed by atoms with Crippen LogP contribution in [0.2, 0.25) is 0 Å². The summed E-state index contributed by atoms with van der Waals surface area (Å²) >= 11 is 0. The second-order valence-electron chi connectivity index (χ2n) is 4.82. The number of nitrogens with one attached hydrogen (secondary N) is 2. The summed E-state index contributed by atoms with van der Waals surface area (Å²) in [6.45, 7) is 2.36. The Labute approximate surface area is 119 Å². The molecule has 0 amide bonds. The fraction of sp³-hybridized carbons (Fsp3) is 0.538. The SMILES string of the molecule is Cc1cc2c(NCCCCCO)nc(C(F)(F)F)nc2[nH]1. The van der Waals surface area contributed by atoms with E-state index in [9.17, 15) is 13.2 Å². The molecule has 0 aromatic carbocycles. The summed E-state index contributed by atoms with van der Waals surface area (Å²) in [7, 11) is 0. The average molecular weight is 302 g/mol. The molecule has 2 aromatic rings. The number of aliphatic hydroxyl groups excluding tert-OH is 1. The Balaban J connectivity index is 2.23. The molecule has 0 unspecified atom stereocenters. The number of fused-ring (bicyclic) bond motifs is 1. The van der Waals surface area contributed by atoms with Crippen molar-refractivity contribution in [3.05, 3.63) is 17.6 Å². The van der Waals surface area contributed by atoms with Gasteiger partial charge in [0.05, 0.1) is 5.39 Å². The molecule has 2 aromatic heterocycles. The molecule has 0 bridgehead atoms. The van der Waals surface area contributed by atoms with Crippen molar-refractivity contribution in [2.24, 2.45) is 0 Å². The molecule has 5 nitrogen and oxygen atoms in total. The highest BCUT2D eigenvalue weighted by Gasteiger charge is 2.35. The second kappa shape index (κ2) is 6.30. The minimum absolute atomic E-state index is 0.118. The lowest BCUT2D eigenvalue weighted by Gasteiger charge is -2.10. The molecule has 0 spiro atoms. The zero-order valence-electron chi connectivity index (χ0n) is 11.6. The Morgan fingerprint density at radius 2 is 2.00 bits per heavy atom. The van der Waals surface area contributed by atoms with Gasteiger partial charge in [-0.25, -0.2) is 9.97 Å². The van der Waals surface area contributed by atoms with E-state index in [-0.39, 0.29) is 18.1 Å². The number of alkyl halides is 3. The highest BCUT2D eigenvalue weighted by atomic mass is 19.4. The first kappa shape index (κ1) is 15.6. The maximum Gasteiger partial charge on any atom is 0.451 e. The highest BCUT2D eigenvalue weighted by Crippen LogP contribution is 2.30. The number of aryl methyl sites for hydroxylation is 1. The molecule has 0 radical (unpaired) electrons. The van der Waals surface area contributed by atoms with Gasteiger partial charge in [-0.15, -0.1) is 0 Å².